The Kier molecular flexibility index (Phi) is 6.65. The third-order valence-corrected chi connectivity index (χ3v) is 5.19. The van der Waals surface area contributed by atoms with E-state index in [1.807, 2.05) is 0 Å². The highest BCUT2D eigenvalue weighted by Gasteiger charge is 2.27. The molecule has 0 radical (unpaired) electrons. The molecule has 1 heterocycles. The van der Waals surface area contributed by atoms with Gasteiger partial charge >= 0.3 is 0 Å². The van der Waals surface area contributed by atoms with Gasteiger partial charge in [0, 0.05) is 31.2 Å². The average molecular weight is 446 g/mol. The summed E-state index contributed by atoms with van der Waals surface area (Å²) in [5.41, 5.74) is -0.148. The van der Waals surface area contributed by atoms with Crippen LogP contribution >= 0.6 is 34.8 Å². The van der Waals surface area contributed by atoms with Crippen molar-refractivity contribution >= 4 is 46.6 Å². The number of carbonyl (C=O) groups excluding carboxylic acids is 2. The number of benzene rings is 2. The van der Waals surface area contributed by atoms with Crippen molar-refractivity contribution in [2.75, 3.05) is 32.8 Å². The molecular formula is C19H16Cl3FN2O3. The van der Waals surface area contributed by atoms with Crippen molar-refractivity contribution in [3.05, 3.63) is 62.8 Å². The lowest BCUT2D eigenvalue weighted by Gasteiger charge is -2.35. The second kappa shape index (κ2) is 8.99. The Bertz CT molecular complexity index is 882. The van der Waals surface area contributed by atoms with Crippen LogP contribution in [0.25, 0.3) is 0 Å². The SMILES string of the molecule is O=C(COc1ccc(Cl)cc1Cl)N1CCN(C(=O)c2c(F)cccc2Cl)CC1. The van der Waals surface area contributed by atoms with Crippen LogP contribution in [-0.4, -0.2) is 54.4 Å². The zero-order valence-electron chi connectivity index (χ0n) is 14.6. The molecule has 2 amide bonds. The van der Waals surface area contributed by atoms with Gasteiger partial charge in [-0.05, 0) is 30.3 Å². The van der Waals surface area contributed by atoms with Crippen molar-refractivity contribution in [1.29, 1.82) is 0 Å². The monoisotopic (exact) mass is 444 g/mol. The van der Waals surface area contributed by atoms with Crippen LogP contribution in [0.2, 0.25) is 15.1 Å². The fourth-order valence-corrected chi connectivity index (χ4v) is 3.55. The maximum atomic E-state index is 13.9. The predicted octanol–water partition coefficient (Wildman–Crippen LogP) is 4.15. The fraction of sp³-hybridized carbons (Fsp3) is 0.263. The maximum absolute atomic E-state index is 13.9. The number of rotatable bonds is 4. The van der Waals surface area contributed by atoms with Gasteiger partial charge in [-0.2, -0.15) is 0 Å². The smallest absolute Gasteiger partial charge is 0.260 e. The van der Waals surface area contributed by atoms with Gasteiger partial charge in [-0.1, -0.05) is 40.9 Å². The number of halogens is 4. The molecule has 0 spiro atoms. The number of carbonyl (C=O) groups is 2. The van der Waals surface area contributed by atoms with E-state index in [0.717, 1.165) is 0 Å². The minimum atomic E-state index is -0.663. The van der Waals surface area contributed by atoms with Gasteiger partial charge in [-0.25, -0.2) is 4.39 Å². The summed E-state index contributed by atoms with van der Waals surface area (Å²) in [7, 11) is 0. The van der Waals surface area contributed by atoms with Gasteiger partial charge in [0.15, 0.2) is 6.61 Å². The highest BCUT2D eigenvalue weighted by Crippen LogP contribution is 2.27. The van der Waals surface area contributed by atoms with Crippen molar-refractivity contribution in [3.63, 3.8) is 0 Å². The Hall–Kier alpha value is -2.02. The minimum absolute atomic E-state index is 0.0664. The van der Waals surface area contributed by atoms with Crippen LogP contribution in [0.4, 0.5) is 4.39 Å². The fourth-order valence-electron chi connectivity index (χ4n) is 2.84. The van der Waals surface area contributed by atoms with Gasteiger partial charge in [-0.3, -0.25) is 9.59 Å². The van der Waals surface area contributed by atoms with Gasteiger partial charge < -0.3 is 14.5 Å². The predicted molar refractivity (Wildman–Crippen MR) is 106 cm³/mol. The van der Waals surface area contributed by atoms with Gasteiger partial charge in [0.25, 0.3) is 11.8 Å². The largest absolute Gasteiger partial charge is 0.482 e. The van der Waals surface area contributed by atoms with Crippen LogP contribution in [0.5, 0.6) is 5.75 Å². The molecule has 0 N–H and O–H groups in total. The molecule has 5 nitrogen and oxygen atoms in total. The van der Waals surface area contributed by atoms with Crippen molar-refractivity contribution in [2.45, 2.75) is 0 Å². The van der Waals surface area contributed by atoms with Crippen LogP contribution in [0.15, 0.2) is 36.4 Å². The Balaban J connectivity index is 1.54. The zero-order valence-corrected chi connectivity index (χ0v) is 16.9. The molecule has 148 valence electrons. The summed E-state index contributed by atoms with van der Waals surface area (Å²) in [5, 5.41) is 0.855. The summed E-state index contributed by atoms with van der Waals surface area (Å²) in [6.07, 6.45) is 0. The van der Waals surface area contributed by atoms with E-state index in [-0.39, 0.29) is 36.2 Å². The van der Waals surface area contributed by atoms with E-state index < -0.39 is 11.7 Å². The number of amides is 2. The van der Waals surface area contributed by atoms with Crippen molar-refractivity contribution in [1.82, 2.24) is 9.80 Å². The van der Waals surface area contributed by atoms with Gasteiger partial charge in [0.05, 0.1) is 15.6 Å². The third kappa shape index (κ3) is 4.69. The Morgan fingerprint density at radius 1 is 0.964 bits per heavy atom. The zero-order chi connectivity index (χ0) is 20.3. The van der Waals surface area contributed by atoms with Gasteiger partial charge in [0.1, 0.15) is 11.6 Å². The molecule has 0 saturated carbocycles. The van der Waals surface area contributed by atoms with E-state index in [2.05, 4.69) is 0 Å². The minimum Gasteiger partial charge on any atom is -0.482 e. The third-order valence-electron chi connectivity index (χ3n) is 4.34. The lowest BCUT2D eigenvalue weighted by Crippen LogP contribution is -2.51. The van der Waals surface area contributed by atoms with Crippen LogP contribution in [0, 0.1) is 5.82 Å². The highest BCUT2D eigenvalue weighted by molar-refractivity contribution is 6.35. The van der Waals surface area contributed by atoms with Crippen LogP contribution in [0.3, 0.4) is 0 Å². The first kappa shape index (κ1) is 20.7. The van der Waals surface area contributed by atoms with E-state index >= 15 is 0 Å². The first-order valence-corrected chi connectivity index (χ1v) is 9.59. The summed E-state index contributed by atoms with van der Waals surface area (Å²) in [5.74, 6) is -1.02. The lowest BCUT2D eigenvalue weighted by molar-refractivity contribution is -0.134. The normalized spacial score (nSPS) is 14.1. The molecule has 0 aliphatic carbocycles. The summed E-state index contributed by atoms with van der Waals surface area (Å²) in [6, 6.07) is 8.84. The van der Waals surface area contributed by atoms with Crippen molar-refractivity contribution in [3.8, 4) is 5.75 Å². The maximum Gasteiger partial charge on any atom is 0.260 e. The second-order valence-corrected chi connectivity index (χ2v) is 7.38. The number of ether oxygens (including phenoxy) is 1. The molecule has 28 heavy (non-hydrogen) atoms. The summed E-state index contributed by atoms with van der Waals surface area (Å²) in [4.78, 5) is 28.0. The van der Waals surface area contributed by atoms with Crippen molar-refractivity contribution < 1.29 is 18.7 Å². The molecule has 0 aromatic heterocycles. The van der Waals surface area contributed by atoms with E-state index in [1.54, 1.807) is 17.0 Å². The number of piperazine rings is 1. The molecule has 0 bridgehead atoms. The molecule has 1 aliphatic rings. The summed E-state index contributed by atoms with van der Waals surface area (Å²) in [6.45, 7) is 0.991. The summed E-state index contributed by atoms with van der Waals surface area (Å²) < 4.78 is 19.4. The topological polar surface area (TPSA) is 49.9 Å². The van der Waals surface area contributed by atoms with Crippen LogP contribution in [-0.2, 0) is 4.79 Å². The first-order chi connectivity index (χ1) is 13.4. The molecule has 2 aromatic rings. The lowest BCUT2D eigenvalue weighted by atomic mass is 10.1. The van der Waals surface area contributed by atoms with Crippen LogP contribution < -0.4 is 4.74 Å². The number of hydrogen-bond acceptors (Lipinski definition) is 3. The summed E-state index contributed by atoms with van der Waals surface area (Å²) >= 11 is 17.8. The highest BCUT2D eigenvalue weighted by atomic mass is 35.5. The molecule has 9 heteroatoms. The Morgan fingerprint density at radius 3 is 2.29 bits per heavy atom. The first-order valence-electron chi connectivity index (χ1n) is 8.45. The molecule has 1 saturated heterocycles. The van der Waals surface area contributed by atoms with E-state index in [4.69, 9.17) is 39.5 Å². The molecule has 1 fully saturated rings. The second-order valence-electron chi connectivity index (χ2n) is 6.13. The quantitative estimate of drug-likeness (QED) is 0.710. The Labute approximate surface area is 176 Å². The standard InChI is InChI=1S/C19H16Cl3FN2O3/c20-12-4-5-16(14(22)10-12)28-11-17(26)24-6-8-25(9-7-24)19(27)18-13(21)2-1-3-15(18)23/h1-5,10H,6-9,11H2. The number of hydrogen-bond donors (Lipinski definition) is 0. The van der Waals surface area contributed by atoms with Gasteiger partial charge in [-0.15, -0.1) is 0 Å². The average Bonchev–Trinajstić information content (AvgIpc) is 2.67. The molecule has 2 aromatic carbocycles. The van der Waals surface area contributed by atoms with E-state index in [0.29, 0.717) is 28.9 Å². The number of nitrogens with zero attached hydrogens (tertiary/aromatic N) is 2. The molecule has 1 aliphatic heterocycles. The van der Waals surface area contributed by atoms with Gasteiger partial charge in [0.2, 0.25) is 0 Å². The van der Waals surface area contributed by atoms with E-state index in [1.165, 1.54) is 29.2 Å². The Morgan fingerprint density at radius 2 is 1.64 bits per heavy atom. The molecular weight excluding hydrogens is 430 g/mol. The van der Waals surface area contributed by atoms with E-state index in [9.17, 15) is 14.0 Å². The molecule has 0 unspecified atom stereocenters. The molecule has 3 rings (SSSR count). The molecule has 0 atom stereocenters. The van der Waals surface area contributed by atoms with Crippen molar-refractivity contribution in [2.24, 2.45) is 0 Å². The van der Waals surface area contributed by atoms with Crippen LogP contribution in [0.1, 0.15) is 10.4 Å².